The van der Waals surface area contributed by atoms with E-state index in [1.807, 2.05) is 18.2 Å². The predicted molar refractivity (Wildman–Crippen MR) is 95.3 cm³/mol. The molecule has 0 saturated carbocycles. The molecule has 0 amide bonds. The molecule has 0 aliphatic carbocycles. The Kier molecular flexibility index (Phi) is 5.26. The minimum absolute atomic E-state index is 0.0184. The quantitative estimate of drug-likeness (QED) is 0.743. The number of hydrogen-bond donors (Lipinski definition) is 2. The van der Waals surface area contributed by atoms with Crippen LogP contribution in [0.5, 0.6) is 5.75 Å². The predicted octanol–water partition coefficient (Wildman–Crippen LogP) is 1.56. The highest BCUT2D eigenvalue weighted by atomic mass is 32.2. The van der Waals surface area contributed by atoms with Gasteiger partial charge < -0.3 is 14.8 Å². The Bertz CT molecular complexity index is 941. The van der Waals surface area contributed by atoms with E-state index in [9.17, 15) is 13.2 Å². The van der Waals surface area contributed by atoms with Gasteiger partial charge in [0.1, 0.15) is 11.3 Å². The monoisotopic (exact) mass is 376 g/mol. The van der Waals surface area contributed by atoms with Gasteiger partial charge in [-0.25, -0.2) is 17.9 Å². The number of sulfonamides is 1. The Hall–Kier alpha value is -2.42. The van der Waals surface area contributed by atoms with Gasteiger partial charge in [0, 0.05) is 25.7 Å². The largest absolute Gasteiger partial charge is 0.496 e. The van der Waals surface area contributed by atoms with E-state index >= 15 is 0 Å². The first-order valence-corrected chi connectivity index (χ1v) is 9.50. The number of carbonyl (C=O) groups is 1. The highest BCUT2D eigenvalue weighted by Gasteiger charge is 2.20. The molecular weight excluding hydrogens is 356 g/mol. The maximum atomic E-state index is 12.6. The fraction of sp³-hybridized carbons (Fsp3) is 0.278. The molecule has 0 radical (unpaired) electrons. The van der Waals surface area contributed by atoms with Crippen LogP contribution in [0.4, 0.5) is 0 Å². The normalized spacial score (nSPS) is 13.3. The van der Waals surface area contributed by atoms with Crippen molar-refractivity contribution in [2.75, 3.05) is 14.2 Å². The van der Waals surface area contributed by atoms with E-state index in [0.717, 1.165) is 18.7 Å². The second kappa shape index (κ2) is 7.45. The number of hydrogen-bond acceptors (Lipinski definition) is 6. The molecule has 7 nitrogen and oxygen atoms in total. The molecule has 2 N–H and O–H groups in total. The van der Waals surface area contributed by atoms with Crippen LogP contribution in [0.2, 0.25) is 0 Å². The second-order valence-electron chi connectivity index (χ2n) is 5.88. The van der Waals surface area contributed by atoms with E-state index < -0.39 is 16.0 Å². The van der Waals surface area contributed by atoms with Crippen molar-refractivity contribution in [3.8, 4) is 5.75 Å². The summed E-state index contributed by atoms with van der Waals surface area (Å²) in [4.78, 5) is 11.7. The molecule has 0 unspecified atom stereocenters. The third-order valence-corrected chi connectivity index (χ3v) is 5.66. The van der Waals surface area contributed by atoms with E-state index in [0.29, 0.717) is 0 Å². The van der Waals surface area contributed by atoms with Crippen LogP contribution < -0.4 is 14.8 Å². The molecule has 3 rings (SSSR count). The van der Waals surface area contributed by atoms with Crippen LogP contribution >= 0.6 is 0 Å². The molecule has 0 atom stereocenters. The molecule has 1 heterocycles. The first-order valence-electron chi connectivity index (χ1n) is 8.02. The van der Waals surface area contributed by atoms with Crippen molar-refractivity contribution >= 4 is 16.0 Å². The zero-order valence-corrected chi connectivity index (χ0v) is 15.4. The summed E-state index contributed by atoms with van der Waals surface area (Å²) in [6, 6.07) is 9.95. The van der Waals surface area contributed by atoms with Gasteiger partial charge in [-0.05, 0) is 28.8 Å². The van der Waals surface area contributed by atoms with Crippen LogP contribution in [0.1, 0.15) is 27.0 Å². The molecule has 2 aromatic carbocycles. The number of rotatable bonds is 6. The minimum Gasteiger partial charge on any atom is -0.496 e. The van der Waals surface area contributed by atoms with Gasteiger partial charge in [0.25, 0.3) is 0 Å². The summed E-state index contributed by atoms with van der Waals surface area (Å²) >= 11 is 0. The Labute approximate surface area is 152 Å². The molecule has 0 saturated heterocycles. The number of nitrogens with one attached hydrogen (secondary N) is 2. The van der Waals surface area contributed by atoms with Gasteiger partial charge >= 0.3 is 5.97 Å². The fourth-order valence-corrected chi connectivity index (χ4v) is 3.87. The lowest BCUT2D eigenvalue weighted by atomic mass is 10.1. The Morgan fingerprint density at radius 3 is 2.62 bits per heavy atom. The second-order valence-corrected chi connectivity index (χ2v) is 7.65. The molecule has 2 aromatic rings. The summed E-state index contributed by atoms with van der Waals surface area (Å²) in [6.07, 6.45) is 0. The Morgan fingerprint density at radius 1 is 1.12 bits per heavy atom. The van der Waals surface area contributed by atoms with Crippen molar-refractivity contribution < 1.29 is 22.7 Å². The lowest BCUT2D eigenvalue weighted by molar-refractivity contribution is 0.0597. The molecule has 8 heteroatoms. The van der Waals surface area contributed by atoms with Crippen molar-refractivity contribution in [3.05, 3.63) is 58.7 Å². The summed E-state index contributed by atoms with van der Waals surface area (Å²) in [6.45, 7) is 1.81. The van der Waals surface area contributed by atoms with Crippen molar-refractivity contribution in [3.63, 3.8) is 0 Å². The molecule has 0 spiro atoms. The molecular formula is C18H20N2O5S. The van der Waals surface area contributed by atoms with Crippen molar-refractivity contribution in [1.29, 1.82) is 0 Å². The zero-order chi connectivity index (χ0) is 18.7. The highest BCUT2D eigenvalue weighted by molar-refractivity contribution is 7.89. The maximum Gasteiger partial charge on any atom is 0.341 e. The van der Waals surface area contributed by atoms with Gasteiger partial charge in [-0.15, -0.1) is 0 Å². The highest BCUT2D eigenvalue weighted by Crippen LogP contribution is 2.24. The van der Waals surface area contributed by atoms with Crippen molar-refractivity contribution in [2.45, 2.75) is 24.5 Å². The Morgan fingerprint density at radius 2 is 1.88 bits per heavy atom. The summed E-state index contributed by atoms with van der Waals surface area (Å²) in [7, 11) is -1.14. The van der Waals surface area contributed by atoms with Crippen LogP contribution in [0.25, 0.3) is 0 Å². The smallest absolute Gasteiger partial charge is 0.341 e. The molecule has 0 aromatic heterocycles. The summed E-state index contributed by atoms with van der Waals surface area (Å²) in [5, 5.41) is 3.25. The van der Waals surface area contributed by atoms with Crippen LogP contribution in [0, 0.1) is 0 Å². The average molecular weight is 376 g/mol. The molecule has 26 heavy (non-hydrogen) atoms. The van der Waals surface area contributed by atoms with E-state index in [4.69, 9.17) is 4.74 Å². The number of fused-ring (bicyclic) bond motifs is 1. The minimum atomic E-state index is -3.75. The van der Waals surface area contributed by atoms with Gasteiger partial charge in [-0.2, -0.15) is 0 Å². The number of methoxy groups -OCH3 is 2. The topological polar surface area (TPSA) is 93.7 Å². The summed E-state index contributed by atoms with van der Waals surface area (Å²) < 4.78 is 37.5. The molecule has 0 fully saturated rings. The van der Waals surface area contributed by atoms with Crippen LogP contribution in [-0.4, -0.2) is 28.6 Å². The van der Waals surface area contributed by atoms with E-state index in [2.05, 4.69) is 14.8 Å². The molecule has 138 valence electrons. The number of ether oxygens (including phenoxy) is 2. The summed E-state index contributed by atoms with van der Waals surface area (Å²) in [5.74, 6) is -0.450. The standard InChI is InChI=1S/C18H20N2O5S/c1-24-17-8-15(5-6-16(17)18(21)25-2)26(22,23)20-9-12-3-4-13-10-19-11-14(13)7-12/h3-8,19-20H,9-11H2,1-2H3. The van der Waals surface area contributed by atoms with E-state index in [1.54, 1.807) is 0 Å². The number of benzene rings is 2. The zero-order valence-electron chi connectivity index (χ0n) is 14.5. The first-order chi connectivity index (χ1) is 12.4. The van der Waals surface area contributed by atoms with Crippen molar-refractivity contribution in [1.82, 2.24) is 10.0 Å². The van der Waals surface area contributed by atoms with E-state index in [1.165, 1.54) is 43.5 Å². The van der Waals surface area contributed by atoms with E-state index in [-0.39, 0.29) is 22.8 Å². The lowest BCUT2D eigenvalue weighted by Crippen LogP contribution is -2.23. The number of carbonyl (C=O) groups excluding carboxylic acids is 1. The molecule has 1 aliphatic heterocycles. The molecule has 0 bridgehead atoms. The third-order valence-electron chi connectivity index (χ3n) is 4.26. The lowest BCUT2D eigenvalue weighted by Gasteiger charge is -2.11. The fourth-order valence-electron chi connectivity index (χ4n) is 2.84. The SMILES string of the molecule is COC(=O)c1ccc(S(=O)(=O)NCc2ccc3c(c2)CNC3)cc1OC. The van der Waals surface area contributed by atoms with Gasteiger partial charge in [0.05, 0.1) is 19.1 Å². The molecule has 1 aliphatic rings. The van der Waals surface area contributed by atoms with Gasteiger partial charge in [-0.1, -0.05) is 18.2 Å². The van der Waals surface area contributed by atoms with Gasteiger partial charge in [0.2, 0.25) is 10.0 Å². The maximum absolute atomic E-state index is 12.6. The Balaban J connectivity index is 1.78. The van der Waals surface area contributed by atoms with Crippen LogP contribution in [0.15, 0.2) is 41.3 Å². The number of esters is 1. The van der Waals surface area contributed by atoms with Crippen molar-refractivity contribution in [2.24, 2.45) is 0 Å². The summed E-state index contributed by atoms with van der Waals surface area (Å²) in [5.41, 5.74) is 3.47. The van der Waals surface area contributed by atoms with Crippen LogP contribution in [0.3, 0.4) is 0 Å². The third kappa shape index (κ3) is 3.72. The van der Waals surface area contributed by atoms with Gasteiger partial charge in [-0.3, -0.25) is 0 Å². The van der Waals surface area contributed by atoms with Crippen LogP contribution in [-0.2, 0) is 34.4 Å². The average Bonchev–Trinajstić information content (AvgIpc) is 3.13. The van der Waals surface area contributed by atoms with Gasteiger partial charge in [0.15, 0.2) is 0 Å². The first kappa shape index (κ1) is 18.4.